The van der Waals surface area contributed by atoms with Crippen LogP contribution in [0.25, 0.3) is 10.9 Å². The van der Waals surface area contributed by atoms with E-state index in [0.717, 1.165) is 29.3 Å². The van der Waals surface area contributed by atoms with Crippen LogP contribution in [0, 0.1) is 11.6 Å². The van der Waals surface area contributed by atoms with Crippen molar-refractivity contribution in [3.63, 3.8) is 0 Å². The van der Waals surface area contributed by atoms with Gasteiger partial charge in [-0.3, -0.25) is 4.90 Å². The highest BCUT2D eigenvalue weighted by Gasteiger charge is 2.41. The number of hydrogen-bond acceptors (Lipinski definition) is 6. The molecule has 0 fully saturated rings. The average Bonchev–Trinajstić information content (AvgIpc) is 3.30. The molecule has 43 heavy (non-hydrogen) atoms. The molecule has 2 atom stereocenters. The number of nitrogens with one attached hydrogen (secondary N) is 1. The molecule has 10 heteroatoms. The molecule has 0 bridgehead atoms. The fraction of sp³-hybridized carbons (Fsp3) is 0.545. The number of rotatable bonds is 16. The van der Waals surface area contributed by atoms with Crippen molar-refractivity contribution in [2.45, 2.75) is 71.1 Å². The molecule has 7 nitrogen and oxygen atoms in total. The first-order chi connectivity index (χ1) is 20.6. The minimum absolute atomic E-state index is 0.0192. The zero-order chi connectivity index (χ0) is 31.0. The van der Waals surface area contributed by atoms with Crippen LogP contribution in [0.5, 0.6) is 5.75 Å². The summed E-state index contributed by atoms with van der Waals surface area (Å²) in [5, 5.41) is 1.01. The molecule has 0 saturated carbocycles. The molecule has 3 aromatic rings. The number of para-hydroxylation sites is 1. The first-order valence-corrected chi connectivity index (χ1v) is 15.1. The van der Waals surface area contributed by atoms with Crippen LogP contribution in [0.1, 0.15) is 69.8 Å². The summed E-state index contributed by atoms with van der Waals surface area (Å²) in [5.41, 5.74) is 0.899. The summed E-state index contributed by atoms with van der Waals surface area (Å²) in [6.45, 7) is 8.62. The van der Waals surface area contributed by atoms with E-state index in [2.05, 4.69) is 4.98 Å². The molecule has 1 aromatic heterocycles. The second-order valence-corrected chi connectivity index (χ2v) is 11.6. The Balaban J connectivity index is 1.35. The molecule has 2 heterocycles. The quantitative estimate of drug-likeness (QED) is 0.145. The Hall–Kier alpha value is -3.08. The van der Waals surface area contributed by atoms with Crippen LogP contribution in [0.3, 0.4) is 0 Å². The summed E-state index contributed by atoms with van der Waals surface area (Å²) in [6, 6.07) is 9.24. The van der Waals surface area contributed by atoms with E-state index in [-0.39, 0.29) is 43.1 Å². The maximum Gasteiger partial charge on any atom is 0.332 e. The number of H-pyrrole nitrogens is 1. The van der Waals surface area contributed by atoms with Crippen LogP contribution in [0.15, 0.2) is 36.4 Å². The Morgan fingerprint density at radius 3 is 2.40 bits per heavy atom. The fourth-order valence-electron chi connectivity index (χ4n) is 5.62. The molecule has 2 aromatic carbocycles. The van der Waals surface area contributed by atoms with Crippen LogP contribution in [-0.2, 0) is 25.4 Å². The SMILES string of the molecule is CCOC(=O)COCCCCOCCCOc1cc(F)c([C@@H]2c3[nH]c4ccccc4c3C[C@@H](C)N2CC(C)(C)F)c(F)c1. The van der Waals surface area contributed by atoms with E-state index < -0.39 is 23.3 Å². The number of aromatic nitrogens is 1. The predicted molar refractivity (Wildman–Crippen MR) is 159 cm³/mol. The van der Waals surface area contributed by atoms with Crippen LogP contribution in [-0.4, -0.2) is 73.7 Å². The Labute approximate surface area is 251 Å². The molecule has 1 aliphatic heterocycles. The monoisotopic (exact) mass is 604 g/mol. The molecule has 0 unspecified atom stereocenters. The largest absolute Gasteiger partial charge is 0.493 e. The van der Waals surface area contributed by atoms with Gasteiger partial charge in [-0.1, -0.05) is 18.2 Å². The summed E-state index contributed by atoms with van der Waals surface area (Å²) >= 11 is 0. The van der Waals surface area contributed by atoms with E-state index >= 15 is 8.78 Å². The molecule has 1 aliphatic rings. The summed E-state index contributed by atoms with van der Waals surface area (Å²) in [5.74, 6) is -1.75. The number of nitrogens with zero attached hydrogens (tertiary/aromatic N) is 1. The summed E-state index contributed by atoms with van der Waals surface area (Å²) < 4.78 is 67.7. The van der Waals surface area contributed by atoms with Crippen molar-refractivity contribution in [2.24, 2.45) is 0 Å². The average molecular weight is 605 g/mol. The number of halogens is 3. The Morgan fingerprint density at radius 2 is 1.70 bits per heavy atom. The molecule has 1 N–H and O–H groups in total. The number of carbonyl (C=O) groups excluding carboxylic acids is 1. The Morgan fingerprint density at radius 1 is 1.02 bits per heavy atom. The second kappa shape index (κ2) is 15.1. The van der Waals surface area contributed by atoms with Gasteiger partial charge in [0.2, 0.25) is 0 Å². The molecular weight excluding hydrogens is 561 g/mol. The second-order valence-electron chi connectivity index (χ2n) is 11.6. The van der Waals surface area contributed by atoms with Crippen molar-refractivity contribution in [1.82, 2.24) is 9.88 Å². The van der Waals surface area contributed by atoms with Gasteiger partial charge in [0.1, 0.15) is 29.7 Å². The fourth-order valence-corrected chi connectivity index (χ4v) is 5.62. The Kier molecular flexibility index (Phi) is 11.5. The summed E-state index contributed by atoms with van der Waals surface area (Å²) in [4.78, 5) is 16.4. The molecule has 0 amide bonds. The van der Waals surface area contributed by atoms with Crippen molar-refractivity contribution in [2.75, 3.05) is 46.2 Å². The van der Waals surface area contributed by atoms with E-state index in [1.54, 1.807) is 6.92 Å². The van der Waals surface area contributed by atoms with Gasteiger partial charge < -0.3 is 23.9 Å². The van der Waals surface area contributed by atoms with Gasteiger partial charge >= 0.3 is 5.97 Å². The third-order valence-corrected chi connectivity index (χ3v) is 7.46. The molecule has 0 saturated heterocycles. The van der Waals surface area contributed by atoms with Crippen molar-refractivity contribution in [3.8, 4) is 5.75 Å². The lowest BCUT2D eigenvalue weighted by atomic mass is 9.87. The van der Waals surface area contributed by atoms with Crippen LogP contribution < -0.4 is 4.74 Å². The van der Waals surface area contributed by atoms with Crippen LogP contribution in [0.2, 0.25) is 0 Å². The van der Waals surface area contributed by atoms with E-state index in [1.165, 1.54) is 26.0 Å². The van der Waals surface area contributed by atoms with E-state index in [4.69, 9.17) is 18.9 Å². The highest BCUT2D eigenvalue weighted by atomic mass is 19.1. The number of aromatic amines is 1. The maximum atomic E-state index is 15.7. The standard InChI is InChI=1S/C33H43F3N2O5/c1-5-42-29(39)20-41-14-9-8-13-40-15-10-16-43-23-18-26(34)30(27(35)19-23)32-31-25(24-11-6-7-12-28(24)37-31)17-22(2)38(32)21-33(3,4)36/h6-7,11-12,18-19,22,32,37H,5,8-10,13-17,20-21H2,1-4H3/t22-,32-/m1/s1. The van der Waals surface area contributed by atoms with Crippen LogP contribution >= 0.6 is 0 Å². The first kappa shape index (κ1) is 32.8. The van der Waals surface area contributed by atoms with Gasteiger partial charge in [0, 0.05) is 73.1 Å². The highest BCUT2D eigenvalue weighted by molar-refractivity contribution is 5.85. The number of benzene rings is 2. The third kappa shape index (κ3) is 8.74. The van der Waals surface area contributed by atoms with Gasteiger partial charge in [0.05, 0.1) is 19.3 Å². The van der Waals surface area contributed by atoms with Crippen molar-refractivity contribution in [1.29, 1.82) is 0 Å². The van der Waals surface area contributed by atoms with Gasteiger partial charge in [-0.25, -0.2) is 18.0 Å². The number of fused-ring (bicyclic) bond motifs is 3. The number of alkyl halides is 1. The van der Waals surface area contributed by atoms with Gasteiger partial charge in [0.25, 0.3) is 0 Å². The van der Waals surface area contributed by atoms with E-state index in [9.17, 15) is 9.18 Å². The van der Waals surface area contributed by atoms with Crippen molar-refractivity contribution >= 4 is 16.9 Å². The zero-order valence-corrected chi connectivity index (χ0v) is 25.5. The highest BCUT2D eigenvalue weighted by Crippen LogP contribution is 2.43. The molecule has 0 radical (unpaired) electrons. The molecular formula is C33H43F3N2O5. The summed E-state index contributed by atoms with van der Waals surface area (Å²) in [7, 11) is 0. The minimum Gasteiger partial charge on any atom is -0.493 e. The van der Waals surface area contributed by atoms with Crippen molar-refractivity contribution < 1.29 is 36.9 Å². The summed E-state index contributed by atoms with van der Waals surface area (Å²) in [6.07, 6.45) is 2.71. The lowest BCUT2D eigenvalue weighted by molar-refractivity contribution is -0.148. The number of ether oxygens (including phenoxy) is 4. The minimum atomic E-state index is -1.56. The number of carbonyl (C=O) groups is 1. The molecule has 4 rings (SSSR count). The molecule has 0 spiro atoms. The predicted octanol–water partition coefficient (Wildman–Crippen LogP) is 6.68. The van der Waals surface area contributed by atoms with Gasteiger partial charge in [-0.2, -0.15) is 0 Å². The lowest BCUT2D eigenvalue weighted by Gasteiger charge is -2.43. The van der Waals surface area contributed by atoms with E-state index in [0.29, 0.717) is 45.0 Å². The first-order valence-electron chi connectivity index (χ1n) is 15.1. The number of esters is 1. The van der Waals surface area contributed by atoms with E-state index in [1.807, 2.05) is 36.1 Å². The topological polar surface area (TPSA) is 73.0 Å². The lowest BCUT2D eigenvalue weighted by Crippen LogP contribution is -2.48. The number of unbranched alkanes of at least 4 members (excludes halogenated alkanes) is 1. The zero-order valence-electron chi connectivity index (χ0n) is 25.5. The Bertz CT molecular complexity index is 1330. The molecule has 0 aliphatic carbocycles. The molecule has 236 valence electrons. The maximum absolute atomic E-state index is 15.7. The van der Waals surface area contributed by atoms with Gasteiger partial charge in [-0.05, 0) is 58.6 Å². The van der Waals surface area contributed by atoms with Crippen LogP contribution in [0.4, 0.5) is 13.2 Å². The smallest absolute Gasteiger partial charge is 0.332 e. The number of hydrogen-bond donors (Lipinski definition) is 1. The third-order valence-electron chi connectivity index (χ3n) is 7.46. The normalized spacial score (nSPS) is 17.3. The van der Waals surface area contributed by atoms with Gasteiger partial charge in [-0.15, -0.1) is 0 Å². The van der Waals surface area contributed by atoms with Crippen molar-refractivity contribution in [3.05, 3.63) is 64.9 Å². The van der Waals surface area contributed by atoms with Gasteiger partial charge in [0.15, 0.2) is 0 Å².